The lowest BCUT2D eigenvalue weighted by Crippen LogP contribution is -1.86. The molecule has 0 saturated heterocycles. The topological polar surface area (TPSA) is 20.2 Å². The summed E-state index contributed by atoms with van der Waals surface area (Å²) in [7, 11) is 0. The van der Waals surface area contributed by atoms with Crippen molar-refractivity contribution in [2.24, 2.45) is 0 Å². The zero-order chi connectivity index (χ0) is 21.1. The Hall–Kier alpha value is -4.30. The van der Waals surface area contributed by atoms with Crippen molar-refractivity contribution in [1.29, 1.82) is 0 Å². The van der Waals surface area contributed by atoms with E-state index in [4.69, 9.17) is 0 Å². The number of H-pyrrole nitrogens is 1. The molecule has 0 fully saturated rings. The SMILES string of the molecule is c1ccc(-c2ccc3c(-c4ccccc4)c4c5[nH]c6ccccc6c5ccn4c3c2)cc1. The third-order valence-electron chi connectivity index (χ3n) is 6.55. The van der Waals surface area contributed by atoms with E-state index in [1.807, 2.05) is 0 Å². The second-order valence-corrected chi connectivity index (χ2v) is 8.33. The first-order valence-electron chi connectivity index (χ1n) is 11.0. The van der Waals surface area contributed by atoms with Crippen LogP contribution in [0.1, 0.15) is 0 Å². The van der Waals surface area contributed by atoms with Crippen molar-refractivity contribution < 1.29 is 0 Å². The van der Waals surface area contributed by atoms with Gasteiger partial charge in [-0.25, -0.2) is 0 Å². The molecule has 2 heteroatoms. The molecule has 7 rings (SSSR count). The van der Waals surface area contributed by atoms with Crippen molar-refractivity contribution in [2.75, 3.05) is 0 Å². The van der Waals surface area contributed by atoms with Gasteiger partial charge < -0.3 is 9.38 Å². The number of rotatable bonds is 2. The summed E-state index contributed by atoms with van der Waals surface area (Å²) in [5.74, 6) is 0. The lowest BCUT2D eigenvalue weighted by atomic mass is 9.99. The van der Waals surface area contributed by atoms with Crippen LogP contribution in [0.3, 0.4) is 0 Å². The normalized spacial score (nSPS) is 11.8. The van der Waals surface area contributed by atoms with Crippen LogP contribution in [0.25, 0.3) is 60.5 Å². The number of benzene rings is 4. The van der Waals surface area contributed by atoms with Crippen LogP contribution in [0.2, 0.25) is 0 Å². The number of pyridine rings is 1. The molecule has 0 aliphatic carbocycles. The summed E-state index contributed by atoms with van der Waals surface area (Å²) in [6.45, 7) is 0. The van der Waals surface area contributed by atoms with Crippen LogP contribution < -0.4 is 0 Å². The molecule has 150 valence electrons. The smallest absolute Gasteiger partial charge is 0.0784 e. The van der Waals surface area contributed by atoms with Gasteiger partial charge in [-0.1, -0.05) is 91.0 Å². The van der Waals surface area contributed by atoms with E-state index in [-0.39, 0.29) is 0 Å². The van der Waals surface area contributed by atoms with Crippen LogP contribution in [0, 0.1) is 0 Å². The van der Waals surface area contributed by atoms with E-state index in [1.54, 1.807) is 0 Å². The van der Waals surface area contributed by atoms with Crippen LogP contribution in [0.15, 0.2) is 115 Å². The summed E-state index contributed by atoms with van der Waals surface area (Å²) in [6, 6.07) is 39.0. The van der Waals surface area contributed by atoms with E-state index in [2.05, 4.69) is 125 Å². The van der Waals surface area contributed by atoms with Crippen molar-refractivity contribution in [3.8, 4) is 22.3 Å². The van der Waals surface area contributed by atoms with Gasteiger partial charge in [-0.15, -0.1) is 0 Å². The summed E-state index contributed by atoms with van der Waals surface area (Å²) in [5.41, 5.74) is 9.78. The highest BCUT2D eigenvalue weighted by atomic mass is 14.9. The number of hydrogen-bond donors (Lipinski definition) is 1. The summed E-state index contributed by atoms with van der Waals surface area (Å²) < 4.78 is 2.35. The lowest BCUT2D eigenvalue weighted by Gasteiger charge is -2.03. The minimum atomic E-state index is 1.17. The molecule has 32 heavy (non-hydrogen) atoms. The second-order valence-electron chi connectivity index (χ2n) is 8.33. The maximum Gasteiger partial charge on any atom is 0.0784 e. The quantitative estimate of drug-likeness (QED) is 0.298. The highest BCUT2D eigenvalue weighted by molar-refractivity contribution is 6.19. The number of nitrogens with zero attached hydrogens (tertiary/aromatic N) is 1. The summed E-state index contributed by atoms with van der Waals surface area (Å²) in [5, 5.41) is 3.79. The molecule has 3 heterocycles. The first-order valence-corrected chi connectivity index (χ1v) is 11.0. The van der Waals surface area contributed by atoms with Crippen LogP contribution >= 0.6 is 0 Å². The summed E-state index contributed by atoms with van der Waals surface area (Å²) in [6.07, 6.45) is 2.22. The maximum absolute atomic E-state index is 3.72. The molecule has 1 N–H and O–H groups in total. The third-order valence-corrected chi connectivity index (χ3v) is 6.55. The fraction of sp³-hybridized carbons (Fsp3) is 0. The molecule has 0 aliphatic heterocycles. The van der Waals surface area contributed by atoms with Gasteiger partial charge in [0.1, 0.15) is 0 Å². The molecule has 7 aromatic rings. The molecule has 0 saturated carbocycles. The Bertz CT molecular complexity index is 1750. The Kier molecular flexibility index (Phi) is 3.58. The van der Waals surface area contributed by atoms with Crippen molar-refractivity contribution in [1.82, 2.24) is 9.38 Å². The Morgan fingerprint density at radius 2 is 1.25 bits per heavy atom. The van der Waals surface area contributed by atoms with Gasteiger partial charge in [-0.05, 0) is 34.9 Å². The summed E-state index contributed by atoms with van der Waals surface area (Å²) in [4.78, 5) is 3.72. The maximum atomic E-state index is 3.72. The molecule has 0 spiro atoms. The molecule has 0 unspecified atom stereocenters. The molecule has 4 aromatic carbocycles. The van der Waals surface area contributed by atoms with E-state index in [0.717, 1.165) is 0 Å². The fourth-order valence-electron chi connectivity index (χ4n) is 5.09. The average Bonchev–Trinajstić information content (AvgIpc) is 3.40. The lowest BCUT2D eigenvalue weighted by molar-refractivity contribution is 1.27. The predicted octanol–water partition coefficient (Wildman–Crippen LogP) is 8.06. The van der Waals surface area contributed by atoms with Crippen molar-refractivity contribution in [2.45, 2.75) is 0 Å². The average molecular weight is 409 g/mol. The minimum absolute atomic E-state index is 1.17. The van der Waals surface area contributed by atoms with E-state index in [0.29, 0.717) is 0 Å². The monoisotopic (exact) mass is 408 g/mol. The van der Waals surface area contributed by atoms with E-state index >= 15 is 0 Å². The van der Waals surface area contributed by atoms with Gasteiger partial charge >= 0.3 is 0 Å². The van der Waals surface area contributed by atoms with Gasteiger partial charge in [0.05, 0.1) is 16.6 Å². The second kappa shape index (κ2) is 6.60. The zero-order valence-corrected chi connectivity index (χ0v) is 17.4. The molecule has 0 radical (unpaired) electrons. The van der Waals surface area contributed by atoms with Gasteiger partial charge in [0.2, 0.25) is 0 Å². The molecule has 0 atom stereocenters. The Morgan fingerprint density at radius 1 is 0.531 bits per heavy atom. The van der Waals surface area contributed by atoms with Gasteiger partial charge in [-0.2, -0.15) is 0 Å². The predicted molar refractivity (Wildman–Crippen MR) is 135 cm³/mol. The zero-order valence-electron chi connectivity index (χ0n) is 17.4. The largest absolute Gasteiger partial charge is 0.353 e. The third kappa shape index (κ3) is 2.41. The highest BCUT2D eigenvalue weighted by Gasteiger charge is 2.18. The molecule has 2 nitrogen and oxygen atoms in total. The number of aromatic nitrogens is 2. The summed E-state index contributed by atoms with van der Waals surface area (Å²) >= 11 is 0. The number of fused-ring (bicyclic) bond motifs is 7. The van der Waals surface area contributed by atoms with Crippen molar-refractivity contribution in [3.63, 3.8) is 0 Å². The number of hydrogen-bond acceptors (Lipinski definition) is 0. The van der Waals surface area contributed by atoms with E-state index in [9.17, 15) is 0 Å². The number of aromatic amines is 1. The first kappa shape index (κ1) is 17.4. The van der Waals surface area contributed by atoms with Crippen LogP contribution in [-0.4, -0.2) is 9.38 Å². The van der Waals surface area contributed by atoms with E-state index in [1.165, 1.54) is 60.5 Å². The van der Waals surface area contributed by atoms with Gasteiger partial charge in [-0.3, -0.25) is 0 Å². The Morgan fingerprint density at radius 3 is 2.06 bits per heavy atom. The molecular formula is C30H20N2. The fourth-order valence-corrected chi connectivity index (χ4v) is 5.09. The molecule has 0 bridgehead atoms. The first-order chi connectivity index (χ1) is 15.9. The number of para-hydroxylation sites is 1. The van der Waals surface area contributed by atoms with Crippen molar-refractivity contribution in [3.05, 3.63) is 115 Å². The molecular weight excluding hydrogens is 388 g/mol. The Balaban J connectivity index is 1.67. The molecule has 0 aliphatic rings. The van der Waals surface area contributed by atoms with Gasteiger partial charge in [0.25, 0.3) is 0 Å². The van der Waals surface area contributed by atoms with Crippen LogP contribution in [0.5, 0.6) is 0 Å². The standard InChI is InChI=1S/C30H20N2/c1-3-9-20(10-4-1)22-15-16-25-27(19-22)32-18-17-24-23-13-7-8-14-26(23)31-29(24)30(32)28(25)21-11-5-2-6-12-21/h1-19,31H. The number of nitrogens with one attached hydrogen (secondary N) is 1. The van der Waals surface area contributed by atoms with Crippen LogP contribution in [-0.2, 0) is 0 Å². The van der Waals surface area contributed by atoms with E-state index < -0.39 is 0 Å². The highest BCUT2D eigenvalue weighted by Crippen LogP contribution is 2.41. The van der Waals surface area contributed by atoms with Crippen molar-refractivity contribution >= 4 is 38.2 Å². The van der Waals surface area contributed by atoms with Gasteiger partial charge in [0.15, 0.2) is 0 Å². The molecule has 3 aromatic heterocycles. The molecule has 0 amide bonds. The Labute approximate surface area is 185 Å². The van der Waals surface area contributed by atoms with Gasteiger partial charge in [0, 0.05) is 33.4 Å². The minimum Gasteiger partial charge on any atom is -0.353 e. The van der Waals surface area contributed by atoms with Crippen LogP contribution in [0.4, 0.5) is 0 Å².